The molecule has 0 amide bonds. The van der Waals surface area contributed by atoms with Gasteiger partial charge in [-0.1, -0.05) is 20.8 Å². The van der Waals surface area contributed by atoms with Crippen molar-refractivity contribution in [3.05, 3.63) is 23.3 Å². The highest BCUT2D eigenvalue weighted by Crippen LogP contribution is 2.59. The van der Waals surface area contributed by atoms with Crippen LogP contribution in [0.5, 0.6) is 0 Å². The maximum Gasteiger partial charge on any atom is 0.330 e. The summed E-state index contributed by atoms with van der Waals surface area (Å²) < 4.78 is 11.8. The number of ether oxygens (including phenoxy) is 1. The van der Waals surface area contributed by atoms with Crippen LogP contribution in [-0.2, 0) is 23.5 Å². The summed E-state index contributed by atoms with van der Waals surface area (Å²) in [5.74, 6) is -0.129. The first kappa shape index (κ1) is 23.1. The summed E-state index contributed by atoms with van der Waals surface area (Å²) in [6, 6.07) is 0. The third kappa shape index (κ3) is 3.89. The van der Waals surface area contributed by atoms with Gasteiger partial charge in [-0.25, -0.2) is 4.79 Å². The zero-order valence-corrected chi connectivity index (χ0v) is 20.3. The molecule has 0 heterocycles. The molecule has 30 heavy (non-hydrogen) atoms. The van der Waals surface area contributed by atoms with E-state index in [-0.39, 0.29) is 35.2 Å². The number of carbonyl (C=O) groups excluding carboxylic acids is 3. The molecule has 0 aliphatic heterocycles. The zero-order valence-electron chi connectivity index (χ0n) is 19.3. The molecule has 166 valence electrons. The highest BCUT2D eigenvalue weighted by atomic mass is 28.4. The summed E-state index contributed by atoms with van der Waals surface area (Å²) in [5.41, 5.74) is 0.782. The van der Waals surface area contributed by atoms with Gasteiger partial charge in [0.2, 0.25) is 0 Å². The van der Waals surface area contributed by atoms with Crippen LogP contribution in [0.2, 0.25) is 18.1 Å². The lowest BCUT2D eigenvalue weighted by molar-refractivity contribution is -0.137. The number of hydrogen-bond acceptors (Lipinski definition) is 5. The Morgan fingerprint density at radius 2 is 1.93 bits per heavy atom. The Balaban J connectivity index is 2.06. The lowest BCUT2D eigenvalue weighted by Crippen LogP contribution is -2.53. The van der Waals surface area contributed by atoms with Crippen LogP contribution in [0, 0.1) is 11.3 Å². The number of Topliss-reactive ketones (excluding diaryl/α,β-unsaturated/α-hetero) is 2. The molecule has 0 bridgehead atoms. The molecule has 0 unspecified atom stereocenters. The first-order valence-electron chi connectivity index (χ1n) is 11.3. The van der Waals surface area contributed by atoms with Gasteiger partial charge in [-0.15, -0.1) is 0 Å². The second kappa shape index (κ2) is 8.19. The lowest BCUT2D eigenvalue weighted by Gasteiger charge is -2.47. The molecule has 3 aliphatic rings. The predicted molar refractivity (Wildman–Crippen MR) is 119 cm³/mol. The van der Waals surface area contributed by atoms with Gasteiger partial charge in [-0.05, 0) is 68.3 Å². The van der Waals surface area contributed by atoms with Crippen molar-refractivity contribution in [3.63, 3.8) is 0 Å². The van der Waals surface area contributed by atoms with Crippen molar-refractivity contribution in [2.24, 2.45) is 11.3 Å². The molecule has 3 atom stereocenters. The van der Waals surface area contributed by atoms with Crippen molar-refractivity contribution >= 4 is 25.9 Å². The van der Waals surface area contributed by atoms with Gasteiger partial charge in [0.25, 0.3) is 0 Å². The second-order valence-corrected chi connectivity index (χ2v) is 15.2. The number of fused-ring (bicyclic) bond motifs is 2. The van der Waals surface area contributed by atoms with Gasteiger partial charge in [0, 0.05) is 24.5 Å². The third-order valence-corrected chi connectivity index (χ3v) is 12.1. The molecule has 0 saturated heterocycles. The van der Waals surface area contributed by atoms with Gasteiger partial charge in [0.1, 0.15) is 5.78 Å². The Bertz CT molecular complexity index is 801. The molecule has 0 aromatic heterocycles. The van der Waals surface area contributed by atoms with Crippen molar-refractivity contribution in [2.75, 3.05) is 6.61 Å². The van der Waals surface area contributed by atoms with Crippen LogP contribution >= 0.6 is 0 Å². The quantitative estimate of drug-likeness (QED) is 0.350. The van der Waals surface area contributed by atoms with E-state index in [1.807, 2.05) is 0 Å². The summed E-state index contributed by atoms with van der Waals surface area (Å²) in [7, 11) is -2.10. The molecule has 2 fully saturated rings. The standard InChI is InChI=1S/C24H36O5Si/c1-7-28-21(27)12-11-17-18(25)15-16-13-14-24(22(16)17)19(26)9-8-10-20(24)29-30(5,6)23(2,3)4/h11-12,16,20H,7-10,13-15H2,1-6H3/b12-11-/t16-,20-,24+/m0/s1. The van der Waals surface area contributed by atoms with Crippen LogP contribution in [0.1, 0.15) is 66.2 Å². The fraction of sp³-hybridized carbons (Fsp3) is 0.708. The molecule has 3 aliphatic carbocycles. The number of esters is 1. The number of rotatable bonds is 5. The van der Waals surface area contributed by atoms with Crippen LogP contribution in [0.3, 0.4) is 0 Å². The van der Waals surface area contributed by atoms with Gasteiger partial charge in [-0.3, -0.25) is 9.59 Å². The lowest BCUT2D eigenvalue weighted by atomic mass is 9.66. The minimum Gasteiger partial charge on any atom is -0.463 e. The van der Waals surface area contributed by atoms with E-state index in [9.17, 15) is 14.4 Å². The fourth-order valence-electron chi connectivity index (χ4n) is 5.13. The molecule has 6 heteroatoms. The summed E-state index contributed by atoms with van der Waals surface area (Å²) in [6.07, 6.45) is 6.96. The van der Waals surface area contributed by atoms with Gasteiger partial charge >= 0.3 is 5.97 Å². The van der Waals surface area contributed by atoms with E-state index in [0.29, 0.717) is 18.4 Å². The molecule has 0 aromatic carbocycles. The monoisotopic (exact) mass is 432 g/mol. The van der Waals surface area contributed by atoms with Crippen molar-refractivity contribution in [3.8, 4) is 0 Å². The molecule has 0 radical (unpaired) electrons. The van der Waals surface area contributed by atoms with E-state index in [1.54, 1.807) is 13.0 Å². The fourth-order valence-corrected chi connectivity index (χ4v) is 6.51. The molecule has 1 spiro atoms. The Morgan fingerprint density at radius 1 is 1.23 bits per heavy atom. The van der Waals surface area contributed by atoms with Crippen molar-refractivity contribution in [2.45, 2.75) is 90.5 Å². The number of carbonyl (C=O) groups is 3. The summed E-state index contributed by atoms with van der Waals surface area (Å²) >= 11 is 0. The Hall–Kier alpha value is -1.53. The van der Waals surface area contributed by atoms with Crippen LogP contribution in [0.15, 0.2) is 23.3 Å². The summed E-state index contributed by atoms with van der Waals surface area (Å²) in [5, 5.41) is 0.0409. The topological polar surface area (TPSA) is 69.7 Å². The molecule has 2 saturated carbocycles. The molecular formula is C24H36O5Si. The largest absolute Gasteiger partial charge is 0.463 e. The van der Waals surface area contributed by atoms with E-state index in [2.05, 4.69) is 33.9 Å². The van der Waals surface area contributed by atoms with E-state index >= 15 is 0 Å². The first-order valence-corrected chi connectivity index (χ1v) is 14.2. The van der Waals surface area contributed by atoms with Crippen molar-refractivity contribution in [1.82, 2.24) is 0 Å². The van der Waals surface area contributed by atoms with E-state index < -0.39 is 19.7 Å². The average molecular weight is 433 g/mol. The molecule has 5 nitrogen and oxygen atoms in total. The summed E-state index contributed by atoms with van der Waals surface area (Å²) in [6.45, 7) is 13.1. The zero-order chi connectivity index (χ0) is 22.3. The molecule has 0 aromatic rings. The van der Waals surface area contributed by atoms with E-state index in [1.165, 1.54) is 6.08 Å². The maximum absolute atomic E-state index is 13.5. The minimum atomic E-state index is -2.10. The maximum atomic E-state index is 13.5. The van der Waals surface area contributed by atoms with Crippen LogP contribution in [0.25, 0.3) is 0 Å². The number of ketones is 2. The van der Waals surface area contributed by atoms with Crippen molar-refractivity contribution in [1.29, 1.82) is 0 Å². The minimum absolute atomic E-state index is 0.0269. The molecular weight excluding hydrogens is 396 g/mol. The Labute approximate surface area is 181 Å². The van der Waals surface area contributed by atoms with Crippen LogP contribution in [-0.4, -0.2) is 38.6 Å². The van der Waals surface area contributed by atoms with Gasteiger partial charge in [0.05, 0.1) is 18.1 Å². The molecule has 3 rings (SSSR count). The molecule has 0 N–H and O–H groups in total. The van der Waals surface area contributed by atoms with Crippen LogP contribution in [0.4, 0.5) is 0 Å². The third-order valence-electron chi connectivity index (χ3n) is 7.63. The van der Waals surface area contributed by atoms with Gasteiger partial charge in [-0.2, -0.15) is 0 Å². The predicted octanol–water partition coefficient (Wildman–Crippen LogP) is 4.91. The Morgan fingerprint density at radius 3 is 2.57 bits per heavy atom. The first-order chi connectivity index (χ1) is 13.9. The smallest absolute Gasteiger partial charge is 0.330 e. The van der Waals surface area contributed by atoms with Crippen LogP contribution < -0.4 is 0 Å². The van der Waals surface area contributed by atoms with Gasteiger partial charge in [0.15, 0.2) is 14.1 Å². The average Bonchev–Trinajstić information content (AvgIpc) is 3.14. The highest BCUT2D eigenvalue weighted by Gasteiger charge is 2.60. The normalized spacial score (nSPS) is 29.9. The van der Waals surface area contributed by atoms with E-state index in [4.69, 9.17) is 9.16 Å². The number of hydrogen-bond donors (Lipinski definition) is 0. The van der Waals surface area contributed by atoms with Gasteiger partial charge < -0.3 is 9.16 Å². The van der Waals surface area contributed by atoms with E-state index in [0.717, 1.165) is 31.3 Å². The number of allylic oxidation sites excluding steroid dienone is 2. The SMILES string of the molecule is CCOC(=O)/C=C\C1=C2[C@@H](CC[C@]23C(=O)CCC[C@@H]3O[Si](C)(C)C(C)(C)C)CC1=O. The summed E-state index contributed by atoms with van der Waals surface area (Å²) in [4.78, 5) is 38.2. The van der Waals surface area contributed by atoms with Crippen molar-refractivity contribution < 1.29 is 23.5 Å². The Kier molecular flexibility index (Phi) is 6.32. The second-order valence-electron chi connectivity index (χ2n) is 10.4. The highest BCUT2D eigenvalue weighted by molar-refractivity contribution is 6.74.